The van der Waals surface area contributed by atoms with E-state index >= 15 is 0 Å². The first-order valence-corrected chi connectivity index (χ1v) is 28.3. The predicted octanol–water partition coefficient (Wildman–Crippen LogP) is 9.58. The quantitative estimate of drug-likeness (QED) is 0.0281. The normalized spacial score (nSPS) is 12.3. The SMILES string of the molecule is CC(C)c1c(C(=O)Nc2ccccc2)c(-c2ccccc2)c(-c2ccc(F)cc2)n1CC[C@@H](O)C[C@@H](O)CC(=O)[O-].CC(C)c1c(C(=O)Nc2ccccc2)c(-c2ccccc2)c(-c2ccc(F)cc2)n1CC[C@@H](O)C[C@@H](O)CC(=O)[O-].CCO.[Ca+2]. The molecule has 0 bridgehead atoms. The van der Waals surface area contributed by atoms with Crippen molar-refractivity contribution in [1.29, 1.82) is 0 Å². The zero-order valence-electron chi connectivity index (χ0n) is 49.0. The number of nitrogens with zero attached hydrogens (tertiary/aromatic N) is 2. The molecule has 0 saturated heterocycles. The Hall–Kier alpha value is -7.32. The van der Waals surface area contributed by atoms with Crippen LogP contribution in [0.25, 0.3) is 44.8 Å². The van der Waals surface area contributed by atoms with E-state index in [4.69, 9.17) is 5.11 Å². The van der Waals surface area contributed by atoms with Crippen molar-refractivity contribution in [3.8, 4) is 44.8 Å². The van der Waals surface area contributed by atoms with Crippen LogP contribution < -0.4 is 20.8 Å². The number of anilines is 2. The first-order valence-electron chi connectivity index (χ1n) is 28.3. The molecule has 2 heterocycles. The van der Waals surface area contributed by atoms with E-state index in [0.29, 0.717) is 56.1 Å². The van der Waals surface area contributed by atoms with Crippen molar-refractivity contribution in [2.75, 3.05) is 17.2 Å². The van der Waals surface area contributed by atoms with Crippen LogP contribution >= 0.6 is 0 Å². The van der Waals surface area contributed by atoms with Crippen LogP contribution in [0.5, 0.6) is 0 Å². The number of benzene rings is 6. The van der Waals surface area contributed by atoms with E-state index < -0.39 is 60.8 Å². The maximum absolute atomic E-state index is 14.0. The van der Waals surface area contributed by atoms with Gasteiger partial charge in [-0.2, -0.15) is 0 Å². The number of aliphatic carboxylic acids is 2. The second-order valence-corrected chi connectivity index (χ2v) is 21.1. The number of carbonyl (C=O) groups excluding carboxylic acids is 4. The Balaban J connectivity index is 0.000000297. The molecule has 448 valence electrons. The number of rotatable bonds is 24. The van der Waals surface area contributed by atoms with Gasteiger partial charge in [0, 0.05) is 78.4 Å². The van der Waals surface area contributed by atoms with Crippen molar-refractivity contribution in [1.82, 2.24) is 9.13 Å². The molecule has 0 radical (unpaired) electrons. The summed E-state index contributed by atoms with van der Waals surface area (Å²) in [6, 6.07) is 49.4. The van der Waals surface area contributed by atoms with Crippen molar-refractivity contribution >= 4 is 72.9 Å². The summed E-state index contributed by atoms with van der Waals surface area (Å²) in [5.41, 5.74) is 9.43. The van der Waals surface area contributed by atoms with Crippen molar-refractivity contribution < 1.29 is 63.7 Å². The molecule has 86 heavy (non-hydrogen) atoms. The zero-order valence-corrected chi connectivity index (χ0v) is 51.2. The molecule has 2 aromatic heterocycles. The van der Waals surface area contributed by atoms with Gasteiger partial charge in [-0.15, -0.1) is 0 Å². The predicted molar refractivity (Wildman–Crippen MR) is 328 cm³/mol. The Morgan fingerprint density at radius 3 is 1.03 bits per heavy atom. The van der Waals surface area contributed by atoms with E-state index in [9.17, 15) is 58.6 Å². The third-order valence-corrected chi connectivity index (χ3v) is 13.8. The van der Waals surface area contributed by atoms with Crippen molar-refractivity contribution in [2.24, 2.45) is 0 Å². The van der Waals surface area contributed by atoms with Crippen LogP contribution in [-0.2, 0) is 22.7 Å². The fourth-order valence-corrected chi connectivity index (χ4v) is 10.4. The number of para-hydroxylation sites is 2. The molecule has 0 saturated carbocycles. The Labute approximate surface area is 530 Å². The van der Waals surface area contributed by atoms with Crippen LogP contribution in [0.15, 0.2) is 170 Å². The van der Waals surface area contributed by atoms with Gasteiger partial charge in [-0.25, -0.2) is 8.78 Å². The van der Waals surface area contributed by atoms with E-state index in [1.54, 1.807) is 55.5 Å². The molecule has 0 unspecified atom stereocenters. The van der Waals surface area contributed by atoms with Crippen LogP contribution in [0.1, 0.15) is 117 Å². The second-order valence-electron chi connectivity index (χ2n) is 21.1. The molecule has 0 fully saturated rings. The number of halogens is 2. The average Bonchev–Trinajstić information content (AvgIpc) is 1.78. The summed E-state index contributed by atoms with van der Waals surface area (Å²) in [6.45, 7) is 10.4. The molecule has 15 nitrogen and oxygen atoms in total. The Kier molecular flexibility index (Phi) is 27.6. The fourth-order valence-electron chi connectivity index (χ4n) is 10.4. The van der Waals surface area contributed by atoms with Crippen LogP contribution in [0.4, 0.5) is 20.2 Å². The molecule has 8 aromatic rings. The molecule has 2 amide bonds. The van der Waals surface area contributed by atoms with Gasteiger partial charge in [-0.3, -0.25) is 9.59 Å². The van der Waals surface area contributed by atoms with Gasteiger partial charge in [0.1, 0.15) is 11.6 Å². The summed E-state index contributed by atoms with van der Waals surface area (Å²) < 4.78 is 32.0. The zero-order chi connectivity index (χ0) is 61.7. The number of carbonyl (C=O) groups is 4. The number of nitrogens with one attached hydrogen (secondary N) is 2. The Morgan fingerprint density at radius 2 is 0.756 bits per heavy atom. The number of aromatic nitrogens is 2. The standard InChI is InChI=1S/2C33H35FN2O5.C2H6O.Ca/c2*1-21(2)31-30(33(41)35-25-11-7-4-8-12-25)29(22-9-5-3-6-10-22)32(23-13-15-24(34)16-14-23)36(31)18-17-26(37)19-27(38)20-28(39)40;1-2-3;/h2*3-16,21,26-27,37-38H,17-20H2,1-2H3,(H,35,41)(H,39,40);3H,2H2,1H3;/q;;;+2/p-2/t2*26-,27-;;/m11../s1. The van der Waals surface area contributed by atoms with E-state index in [-0.39, 0.29) is 107 Å². The number of amides is 2. The Bertz CT molecular complexity index is 3190. The van der Waals surface area contributed by atoms with Crippen molar-refractivity contribution in [3.05, 3.63) is 204 Å². The van der Waals surface area contributed by atoms with Gasteiger partial charge >= 0.3 is 37.7 Å². The number of aliphatic hydroxyl groups excluding tert-OH is 5. The van der Waals surface area contributed by atoms with Gasteiger partial charge in [0.15, 0.2) is 0 Å². The average molecular weight is 1200 g/mol. The van der Waals surface area contributed by atoms with Gasteiger partial charge < -0.3 is 65.1 Å². The second kappa shape index (κ2) is 34.1. The fraction of sp³-hybridized carbons (Fsp3) is 0.294. The van der Waals surface area contributed by atoms with E-state index in [0.717, 1.165) is 22.5 Å². The molecular weight excluding hydrogens is 1130 g/mol. The minimum atomic E-state index is -1.39. The summed E-state index contributed by atoms with van der Waals surface area (Å²) >= 11 is 0. The number of carboxylic acids is 2. The van der Waals surface area contributed by atoms with Gasteiger partial charge in [-0.1, -0.05) is 125 Å². The van der Waals surface area contributed by atoms with E-state index in [1.807, 2.05) is 134 Å². The summed E-state index contributed by atoms with van der Waals surface area (Å²) in [5.74, 6) is -4.41. The molecule has 8 rings (SSSR count). The van der Waals surface area contributed by atoms with Crippen molar-refractivity contribution in [2.45, 2.75) is 122 Å². The van der Waals surface area contributed by atoms with E-state index in [2.05, 4.69) is 10.6 Å². The summed E-state index contributed by atoms with van der Waals surface area (Å²) in [4.78, 5) is 49.8. The van der Waals surface area contributed by atoms with Gasteiger partial charge in [0.2, 0.25) is 0 Å². The van der Waals surface area contributed by atoms with Gasteiger partial charge in [0.25, 0.3) is 11.8 Å². The maximum Gasteiger partial charge on any atom is 2.00 e. The van der Waals surface area contributed by atoms with Gasteiger partial charge in [0.05, 0.1) is 46.9 Å². The molecule has 0 spiro atoms. The number of hydrogen-bond acceptors (Lipinski definition) is 11. The molecule has 18 heteroatoms. The monoisotopic (exact) mass is 1200 g/mol. The minimum absolute atomic E-state index is 0. The van der Waals surface area contributed by atoms with Crippen LogP contribution in [0.3, 0.4) is 0 Å². The number of aliphatic hydroxyl groups is 5. The smallest absolute Gasteiger partial charge is 0.550 e. The van der Waals surface area contributed by atoms with Crippen LogP contribution in [0.2, 0.25) is 0 Å². The third-order valence-electron chi connectivity index (χ3n) is 13.8. The first kappa shape index (κ1) is 69.5. The summed E-state index contributed by atoms with van der Waals surface area (Å²) in [7, 11) is 0. The third kappa shape index (κ3) is 19.3. The number of hydrogen-bond donors (Lipinski definition) is 7. The molecule has 0 aliphatic rings. The topological polar surface area (TPSA) is 249 Å². The summed E-state index contributed by atoms with van der Waals surface area (Å²) in [5, 5.41) is 76.8. The largest absolute Gasteiger partial charge is 2.00 e. The van der Waals surface area contributed by atoms with Crippen molar-refractivity contribution in [3.63, 3.8) is 0 Å². The Morgan fingerprint density at radius 1 is 0.465 bits per heavy atom. The summed E-state index contributed by atoms with van der Waals surface area (Å²) in [6.07, 6.45) is -5.54. The van der Waals surface area contributed by atoms with Crippen LogP contribution in [0, 0.1) is 11.6 Å². The first-order chi connectivity index (χ1) is 40.7. The molecule has 4 atom stereocenters. The van der Waals surface area contributed by atoms with E-state index in [1.165, 1.54) is 24.3 Å². The number of carboxylic acid groups (broad SMARTS) is 2. The maximum atomic E-state index is 14.0. The molecule has 0 aliphatic carbocycles. The van der Waals surface area contributed by atoms with Gasteiger partial charge in [-0.05, 0) is 139 Å². The molecule has 0 aliphatic heterocycles. The minimum Gasteiger partial charge on any atom is -0.550 e. The van der Waals surface area contributed by atoms with Crippen LogP contribution in [-0.4, -0.2) is 127 Å². The molecule has 6 aromatic carbocycles. The molecular formula is C68H74CaF2N4O11. The molecule has 7 N–H and O–H groups in total.